The van der Waals surface area contributed by atoms with Crippen LogP contribution < -0.4 is 5.59 Å². The van der Waals surface area contributed by atoms with Crippen LogP contribution >= 0.6 is 11.6 Å². The van der Waals surface area contributed by atoms with Gasteiger partial charge in [-0.2, -0.15) is 10.1 Å². The second-order valence-corrected chi connectivity index (χ2v) is 6.34. The second-order valence-electron chi connectivity index (χ2n) is 5.95. The summed E-state index contributed by atoms with van der Waals surface area (Å²) in [5, 5.41) is 4.42. The van der Waals surface area contributed by atoms with E-state index in [-0.39, 0.29) is 0 Å². The molecule has 1 saturated heterocycles. The first-order chi connectivity index (χ1) is 9.78. The van der Waals surface area contributed by atoms with E-state index in [4.69, 9.17) is 20.9 Å². The fourth-order valence-corrected chi connectivity index (χ4v) is 2.18. The highest BCUT2D eigenvalue weighted by molar-refractivity contribution is 6.61. The Hall–Kier alpha value is -1.44. The zero-order chi connectivity index (χ0) is 15.3. The lowest BCUT2D eigenvalue weighted by Crippen LogP contribution is -2.41. The van der Waals surface area contributed by atoms with Crippen molar-refractivity contribution in [1.29, 1.82) is 0 Å². The molecule has 0 saturated carbocycles. The maximum atomic E-state index is 6.08. The molecular formula is C13H16BClN4O2. The molecule has 1 aliphatic rings. The molecular weight excluding hydrogens is 290 g/mol. The average Bonchev–Trinajstić information content (AvgIpc) is 2.96. The Morgan fingerprint density at radius 1 is 1.14 bits per heavy atom. The first kappa shape index (κ1) is 14.5. The quantitative estimate of drug-likeness (QED) is 0.623. The summed E-state index contributed by atoms with van der Waals surface area (Å²) in [6, 6.07) is 3.44. The molecule has 2 aromatic rings. The van der Waals surface area contributed by atoms with E-state index >= 15 is 0 Å². The van der Waals surface area contributed by atoms with Crippen LogP contribution in [0.15, 0.2) is 24.5 Å². The molecule has 8 heteroatoms. The number of hydrogen-bond acceptors (Lipinski definition) is 5. The van der Waals surface area contributed by atoms with Gasteiger partial charge in [-0.05, 0) is 39.8 Å². The van der Waals surface area contributed by atoms with Crippen molar-refractivity contribution < 1.29 is 9.31 Å². The molecule has 1 fully saturated rings. The van der Waals surface area contributed by atoms with Crippen LogP contribution in [-0.4, -0.2) is 38.1 Å². The second kappa shape index (κ2) is 4.79. The Morgan fingerprint density at radius 2 is 1.81 bits per heavy atom. The predicted molar refractivity (Wildman–Crippen MR) is 79.9 cm³/mol. The summed E-state index contributed by atoms with van der Waals surface area (Å²) in [6.45, 7) is 7.96. The predicted octanol–water partition coefficient (Wildman–Crippen LogP) is 1.61. The van der Waals surface area contributed by atoms with Crippen LogP contribution in [0.3, 0.4) is 0 Å². The van der Waals surface area contributed by atoms with Crippen LogP contribution in [0.5, 0.6) is 0 Å². The zero-order valence-electron chi connectivity index (χ0n) is 12.4. The van der Waals surface area contributed by atoms with Gasteiger partial charge in [-0.1, -0.05) is 11.6 Å². The van der Waals surface area contributed by atoms with Crippen LogP contribution in [0.2, 0.25) is 5.15 Å². The number of rotatable bonds is 2. The van der Waals surface area contributed by atoms with E-state index < -0.39 is 18.3 Å². The minimum absolute atomic E-state index is 0.320. The molecule has 0 atom stereocenters. The van der Waals surface area contributed by atoms with Gasteiger partial charge in [-0.25, -0.2) is 9.67 Å². The van der Waals surface area contributed by atoms with Crippen LogP contribution in [0.1, 0.15) is 27.7 Å². The Labute approximate surface area is 128 Å². The van der Waals surface area contributed by atoms with E-state index in [0.717, 1.165) is 0 Å². The molecule has 0 spiro atoms. The zero-order valence-corrected chi connectivity index (χ0v) is 13.1. The van der Waals surface area contributed by atoms with Gasteiger partial charge in [0.25, 0.3) is 5.95 Å². The lowest BCUT2D eigenvalue weighted by Gasteiger charge is -2.32. The van der Waals surface area contributed by atoms with Crippen molar-refractivity contribution in [2.45, 2.75) is 38.9 Å². The van der Waals surface area contributed by atoms with Crippen LogP contribution in [0.25, 0.3) is 5.95 Å². The molecule has 3 heterocycles. The Balaban J connectivity index is 1.97. The van der Waals surface area contributed by atoms with E-state index in [2.05, 4.69) is 15.1 Å². The monoisotopic (exact) mass is 306 g/mol. The van der Waals surface area contributed by atoms with Gasteiger partial charge in [0.2, 0.25) is 0 Å². The smallest absolute Gasteiger partial charge is 0.398 e. The highest BCUT2D eigenvalue weighted by Crippen LogP contribution is 2.36. The number of aromatic nitrogens is 4. The van der Waals surface area contributed by atoms with Crippen molar-refractivity contribution in [3.05, 3.63) is 29.7 Å². The SMILES string of the molecule is CC1(C)OB(c2cc(Cl)nc(-n3cccn3)n2)OC1(C)C. The molecule has 0 aromatic carbocycles. The Kier molecular flexibility index (Phi) is 3.31. The molecule has 0 amide bonds. The maximum Gasteiger partial charge on any atom is 0.514 e. The molecule has 6 nitrogen and oxygen atoms in total. The van der Waals surface area contributed by atoms with E-state index in [9.17, 15) is 0 Å². The van der Waals surface area contributed by atoms with E-state index in [1.54, 1.807) is 29.2 Å². The molecule has 0 N–H and O–H groups in total. The van der Waals surface area contributed by atoms with Crippen LogP contribution in [0, 0.1) is 0 Å². The van der Waals surface area contributed by atoms with Crippen molar-refractivity contribution in [2.75, 3.05) is 0 Å². The van der Waals surface area contributed by atoms with Gasteiger partial charge >= 0.3 is 7.12 Å². The molecule has 0 radical (unpaired) electrons. The Bertz CT molecular complexity index is 644. The molecule has 1 aliphatic heterocycles. The maximum absolute atomic E-state index is 6.08. The minimum Gasteiger partial charge on any atom is -0.398 e. The fourth-order valence-electron chi connectivity index (χ4n) is 2.00. The fraction of sp³-hybridized carbons (Fsp3) is 0.462. The van der Waals surface area contributed by atoms with Crippen LogP contribution in [-0.2, 0) is 9.31 Å². The summed E-state index contributed by atoms with van der Waals surface area (Å²) >= 11 is 6.08. The van der Waals surface area contributed by atoms with Gasteiger partial charge in [-0.3, -0.25) is 0 Å². The van der Waals surface area contributed by atoms with E-state index in [1.807, 2.05) is 27.7 Å². The summed E-state index contributed by atoms with van der Waals surface area (Å²) in [5.41, 5.74) is -0.277. The lowest BCUT2D eigenvalue weighted by molar-refractivity contribution is 0.00578. The molecule has 21 heavy (non-hydrogen) atoms. The summed E-state index contributed by atoms with van der Waals surface area (Å²) in [4.78, 5) is 8.61. The first-order valence-corrected chi connectivity index (χ1v) is 7.06. The molecule has 0 bridgehead atoms. The molecule has 110 valence electrons. The summed E-state index contributed by atoms with van der Waals surface area (Å²) < 4.78 is 13.5. The van der Waals surface area contributed by atoms with Crippen molar-refractivity contribution in [3.8, 4) is 5.95 Å². The van der Waals surface area contributed by atoms with E-state index in [1.165, 1.54) is 0 Å². The van der Waals surface area contributed by atoms with E-state index in [0.29, 0.717) is 16.7 Å². The summed E-state index contributed by atoms with van der Waals surface area (Å²) in [7, 11) is -0.579. The standard InChI is InChI=1S/C13H16BClN4O2/c1-12(2)13(3,4)21-14(20-12)9-8-10(15)18-11(17-9)19-7-5-6-16-19/h5-8H,1-4H3. The third kappa shape index (κ3) is 2.56. The van der Waals surface area contributed by atoms with Gasteiger partial charge in [0.05, 0.1) is 16.8 Å². The third-order valence-electron chi connectivity index (χ3n) is 3.91. The molecule has 3 rings (SSSR count). The number of hydrogen-bond donors (Lipinski definition) is 0. The highest BCUT2D eigenvalue weighted by atomic mass is 35.5. The number of nitrogens with zero attached hydrogens (tertiary/aromatic N) is 4. The highest BCUT2D eigenvalue weighted by Gasteiger charge is 2.52. The minimum atomic E-state index is -0.579. The molecule has 2 aromatic heterocycles. The van der Waals surface area contributed by atoms with Crippen molar-refractivity contribution in [3.63, 3.8) is 0 Å². The topological polar surface area (TPSA) is 62.1 Å². The summed E-state index contributed by atoms with van der Waals surface area (Å²) in [6.07, 6.45) is 3.40. The summed E-state index contributed by atoms with van der Waals surface area (Å²) in [5.74, 6) is 0.386. The van der Waals surface area contributed by atoms with Gasteiger partial charge < -0.3 is 9.31 Å². The van der Waals surface area contributed by atoms with Gasteiger partial charge in [-0.15, -0.1) is 0 Å². The van der Waals surface area contributed by atoms with Crippen molar-refractivity contribution in [2.24, 2.45) is 0 Å². The normalized spacial score (nSPS) is 20.0. The Morgan fingerprint density at radius 3 is 2.38 bits per heavy atom. The average molecular weight is 307 g/mol. The van der Waals surface area contributed by atoms with Gasteiger partial charge in [0.15, 0.2) is 0 Å². The third-order valence-corrected chi connectivity index (χ3v) is 4.10. The molecule has 0 aliphatic carbocycles. The van der Waals surface area contributed by atoms with Crippen LogP contribution in [0.4, 0.5) is 0 Å². The molecule has 0 unspecified atom stereocenters. The number of halogens is 1. The van der Waals surface area contributed by atoms with Gasteiger partial charge in [0.1, 0.15) is 5.15 Å². The first-order valence-electron chi connectivity index (χ1n) is 6.69. The lowest BCUT2D eigenvalue weighted by atomic mass is 9.84. The largest absolute Gasteiger partial charge is 0.514 e. The van der Waals surface area contributed by atoms with Crippen molar-refractivity contribution >= 4 is 24.3 Å². The van der Waals surface area contributed by atoms with Crippen molar-refractivity contribution in [1.82, 2.24) is 19.7 Å². The van der Waals surface area contributed by atoms with Gasteiger partial charge in [0, 0.05) is 12.4 Å².